The van der Waals surface area contributed by atoms with Gasteiger partial charge in [0.1, 0.15) is 18.2 Å². The van der Waals surface area contributed by atoms with Gasteiger partial charge in [-0.1, -0.05) is 11.6 Å². The molecule has 0 atom stereocenters. The number of nitrogens with one attached hydrogen (secondary N) is 1. The summed E-state index contributed by atoms with van der Waals surface area (Å²) in [6.45, 7) is 0.156. The van der Waals surface area contributed by atoms with Gasteiger partial charge in [-0.25, -0.2) is 9.18 Å². The normalized spacial score (nSPS) is 10.7. The lowest BCUT2D eigenvalue weighted by Gasteiger charge is -2.14. The van der Waals surface area contributed by atoms with Gasteiger partial charge in [-0.05, 0) is 42.0 Å². The van der Waals surface area contributed by atoms with Gasteiger partial charge in [0.25, 0.3) is 5.56 Å². The molecule has 0 saturated carbocycles. The zero-order valence-corrected chi connectivity index (χ0v) is 16.2. The molecule has 3 rings (SSSR count). The zero-order valence-electron chi connectivity index (χ0n) is 15.5. The predicted molar refractivity (Wildman–Crippen MR) is 109 cm³/mol. The first-order valence-electron chi connectivity index (χ1n) is 8.71. The summed E-state index contributed by atoms with van der Waals surface area (Å²) in [5, 5.41) is 9.06. The molecule has 0 aliphatic rings. The third-order valence-electron chi connectivity index (χ3n) is 3.86. The third kappa shape index (κ3) is 5.59. The van der Waals surface area contributed by atoms with E-state index in [1.807, 2.05) is 6.07 Å². The van der Waals surface area contributed by atoms with Crippen molar-refractivity contribution in [3.05, 3.63) is 92.0 Å². The van der Waals surface area contributed by atoms with Gasteiger partial charge in [-0.3, -0.25) is 14.3 Å². The van der Waals surface area contributed by atoms with Gasteiger partial charge in [0.05, 0.1) is 12.6 Å². The van der Waals surface area contributed by atoms with Crippen molar-refractivity contribution >= 4 is 17.7 Å². The van der Waals surface area contributed by atoms with Crippen molar-refractivity contribution in [3.63, 3.8) is 0 Å². The maximum atomic E-state index is 13.7. The van der Waals surface area contributed by atoms with Crippen molar-refractivity contribution in [2.75, 3.05) is 6.61 Å². The number of aromatic nitrogens is 2. The SMILES string of the molecule is N#C/C=C/c1cc(Cl)cc(Oc2ccc(F)cc2OCCn2ccc(=O)[nH]c2=O)c1. The van der Waals surface area contributed by atoms with Gasteiger partial charge in [-0.2, -0.15) is 5.26 Å². The molecule has 1 aromatic heterocycles. The minimum atomic E-state index is -0.571. The number of hydrogen-bond acceptors (Lipinski definition) is 5. The fourth-order valence-corrected chi connectivity index (χ4v) is 2.79. The lowest BCUT2D eigenvalue weighted by molar-refractivity contribution is 0.281. The second-order valence-electron chi connectivity index (χ2n) is 6.03. The minimum absolute atomic E-state index is 0.0253. The highest BCUT2D eigenvalue weighted by molar-refractivity contribution is 6.30. The topological polar surface area (TPSA) is 97.1 Å². The fourth-order valence-electron chi connectivity index (χ4n) is 2.55. The molecule has 7 nitrogen and oxygen atoms in total. The molecular formula is C21H15ClFN3O4. The Hall–Kier alpha value is -3.83. The molecule has 0 unspecified atom stereocenters. The Kier molecular flexibility index (Phi) is 6.67. The van der Waals surface area contributed by atoms with E-state index >= 15 is 0 Å². The molecule has 0 aliphatic carbocycles. The number of rotatable bonds is 7. The van der Waals surface area contributed by atoms with Crippen LogP contribution in [0.4, 0.5) is 4.39 Å². The Balaban J connectivity index is 1.78. The maximum absolute atomic E-state index is 13.7. The van der Waals surface area contributed by atoms with Gasteiger partial charge in [0, 0.05) is 29.4 Å². The number of aromatic amines is 1. The second kappa shape index (κ2) is 9.58. The monoisotopic (exact) mass is 427 g/mol. The average Bonchev–Trinajstić information content (AvgIpc) is 2.69. The van der Waals surface area contributed by atoms with E-state index in [2.05, 4.69) is 4.98 Å². The van der Waals surface area contributed by atoms with Crippen LogP contribution in [0.5, 0.6) is 17.2 Å². The van der Waals surface area contributed by atoms with Crippen molar-refractivity contribution in [1.82, 2.24) is 9.55 Å². The standard InChI is InChI=1S/C21H15ClFN3O4/c22-15-10-14(2-1-6-24)11-17(12-15)30-18-4-3-16(23)13-19(18)29-9-8-26-7-5-20(27)25-21(26)28/h1-5,7,10-13H,8-9H2,(H,25,27,28)/b2-1+. The molecule has 2 aromatic carbocycles. The molecule has 0 amide bonds. The molecule has 9 heteroatoms. The molecule has 0 saturated heterocycles. The Morgan fingerprint density at radius 1 is 1.17 bits per heavy atom. The summed E-state index contributed by atoms with van der Waals surface area (Å²) in [4.78, 5) is 25.0. The Labute approximate surface area is 175 Å². The van der Waals surface area contributed by atoms with Gasteiger partial charge < -0.3 is 9.47 Å². The average molecular weight is 428 g/mol. The number of H-pyrrole nitrogens is 1. The fraction of sp³-hybridized carbons (Fsp3) is 0.0952. The van der Waals surface area contributed by atoms with E-state index in [-0.39, 0.29) is 24.7 Å². The summed E-state index contributed by atoms with van der Waals surface area (Å²) in [6.07, 6.45) is 4.22. The van der Waals surface area contributed by atoms with Gasteiger partial charge >= 0.3 is 5.69 Å². The Morgan fingerprint density at radius 2 is 2.00 bits per heavy atom. The molecule has 0 aliphatic heterocycles. The first-order chi connectivity index (χ1) is 14.4. The minimum Gasteiger partial charge on any atom is -0.488 e. The van der Waals surface area contributed by atoms with E-state index in [0.717, 1.165) is 6.07 Å². The van der Waals surface area contributed by atoms with Crippen LogP contribution in [0.3, 0.4) is 0 Å². The molecule has 0 bridgehead atoms. The Morgan fingerprint density at radius 3 is 2.77 bits per heavy atom. The van der Waals surface area contributed by atoms with E-state index in [1.54, 1.807) is 24.3 Å². The van der Waals surface area contributed by atoms with Crippen LogP contribution in [0.1, 0.15) is 5.56 Å². The van der Waals surface area contributed by atoms with Crippen LogP contribution >= 0.6 is 11.6 Å². The number of ether oxygens (including phenoxy) is 2. The highest BCUT2D eigenvalue weighted by Crippen LogP contribution is 2.34. The molecule has 0 fully saturated rings. The maximum Gasteiger partial charge on any atom is 0.328 e. The van der Waals surface area contributed by atoms with Crippen LogP contribution < -0.4 is 20.7 Å². The van der Waals surface area contributed by atoms with Gasteiger partial charge in [-0.15, -0.1) is 0 Å². The molecule has 0 radical (unpaired) electrons. The third-order valence-corrected chi connectivity index (χ3v) is 4.08. The zero-order chi connectivity index (χ0) is 21.5. The summed E-state index contributed by atoms with van der Waals surface area (Å²) in [5.41, 5.74) is -0.414. The lowest BCUT2D eigenvalue weighted by atomic mass is 10.2. The molecule has 1 heterocycles. The summed E-state index contributed by atoms with van der Waals surface area (Å²) >= 11 is 6.09. The molecular weight excluding hydrogens is 413 g/mol. The van der Waals surface area contributed by atoms with Crippen LogP contribution in [0, 0.1) is 17.1 Å². The smallest absolute Gasteiger partial charge is 0.328 e. The number of halogens is 2. The van der Waals surface area contributed by atoms with Crippen molar-refractivity contribution in [1.29, 1.82) is 5.26 Å². The summed E-state index contributed by atoms with van der Waals surface area (Å²) in [6, 6.07) is 11.8. The molecule has 1 N–H and O–H groups in total. The van der Waals surface area contributed by atoms with Crippen LogP contribution in [0.25, 0.3) is 6.08 Å². The number of allylic oxidation sites excluding steroid dienone is 1. The first-order valence-corrected chi connectivity index (χ1v) is 9.09. The summed E-state index contributed by atoms with van der Waals surface area (Å²) in [7, 11) is 0. The molecule has 3 aromatic rings. The number of hydrogen-bond donors (Lipinski definition) is 1. The van der Waals surface area contributed by atoms with E-state index < -0.39 is 17.1 Å². The first kappa shape index (κ1) is 20.9. The summed E-state index contributed by atoms with van der Waals surface area (Å²) < 4.78 is 26.4. The largest absolute Gasteiger partial charge is 0.488 e. The van der Waals surface area contributed by atoms with E-state index in [1.165, 1.54) is 35.0 Å². The summed E-state index contributed by atoms with van der Waals surface area (Å²) in [5.74, 6) is 0.208. The Bertz CT molecular complexity index is 1240. The van der Waals surface area contributed by atoms with Crippen molar-refractivity contribution in [3.8, 4) is 23.3 Å². The van der Waals surface area contributed by atoms with Crippen molar-refractivity contribution in [2.24, 2.45) is 0 Å². The van der Waals surface area contributed by atoms with E-state index in [9.17, 15) is 14.0 Å². The van der Waals surface area contributed by atoms with Crippen molar-refractivity contribution < 1.29 is 13.9 Å². The number of nitrogens with zero attached hydrogens (tertiary/aromatic N) is 2. The highest BCUT2D eigenvalue weighted by atomic mass is 35.5. The van der Waals surface area contributed by atoms with Crippen LogP contribution in [-0.4, -0.2) is 16.2 Å². The van der Waals surface area contributed by atoms with Gasteiger partial charge in [0.2, 0.25) is 0 Å². The van der Waals surface area contributed by atoms with E-state index in [4.69, 9.17) is 26.3 Å². The highest BCUT2D eigenvalue weighted by Gasteiger charge is 2.10. The second-order valence-corrected chi connectivity index (χ2v) is 6.46. The quantitative estimate of drug-likeness (QED) is 0.579. The lowest BCUT2D eigenvalue weighted by Crippen LogP contribution is -2.30. The predicted octanol–water partition coefficient (Wildman–Crippen LogP) is 3.74. The number of benzene rings is 2. The van der Waals surface area contributed by atoms with Crippen LogP contribution in [0.2, 0.25) is 5.02 Å². The molecule has 152 valence electrons. The van der Waals surface area contributed by atoms with Crippen molar-refractivity contribution in [2.45, 2.75) is 6.54 Å². The number of nitriles is 1. The van der Waals surface area contributed by atoms with Crippen LogP contribution in [0.15, 0.2) is 64.3 Å². The van der Waals surface area contributed by atoms with E-state index in [0.29, 0.717) is 16.3 Å². The van der Waals surface area contributed by atoms with Crippen LogP contribution in [-0.2, 0) is 6.54 Å². The molecule has 0 spiro atoms. The molecule has 30 heavy (non-hydrogen) atoms. The van der Waals surface area contributed by atoms with Gasteiger partial charge in [0.15, 0.2) is 11.5 Å².